The van der Waals surface area contributed by atoms with Crippen LogP contribution in [0.2, 0.25) is 0 Å². The summed E-state index contributed by atoms with van der Waals surface area (Å²) in [5.74, 6) is -0.138. The van der Waals surface area contributed by atoms with Crippen molar-refractivity contribution in [2.45, 2.75) is 30.8 Å². The number of rotatable bonds is 4. The van der Waals surface area contributed by atoms with Gasteiger partial charge >= 0.3 is 0 Å². The van der Waals surface area contributed by atoms with Gasteiger partial charge in [0, 0.05) is 34.1 Å². The Balaban J connectivity index is 1.60. The number of nitrogens with zero attached hydrogens (tertiary/aromatic N) is 3. The number of hydrogen-bond acceptors (Lipinski definition) is 5. The molecule has 5 nitrogen and oxygen atoms in total. The smallest absolute Gasteiger partial charge is 0.256 e. The summed E-state index contributed by atoms with van der Waals surface area (Å²) in [7, 11) is 0. The molecular weight excluding hydrogens is 380 g/mol. The Morgan fingerprint density at radius 2 is 1.76 bits per heavy atom. The van der Waals surface area contributed by atoms with E-state index >= 15 is 0 Å². The van der Waals surface area contributed by atoms with Crippen LogP contribution >= 0.6 is 11.8 Å². The van der Waals surface area contributed by atoms with E-state index in [0.29, 0.717) is 10.7 Å². The van der Waals surface area contributed by atoms with Gasteiger partial charge in [0.05, 0.1) is 11.1 Å². The van der Waals surface area contributed by atoms with Crippen molar-refractivity contribution in [3.8, 4) is 0 Å². The maximum Gasteiger partial charge on any atom is 0.256 e. The van der Waals surface area contributed by atoms with E-state index in [1.165, 1.54) is 11.8 Å². The molecule has 0 fully saturated rings. The first kappa shape index (κ1) is 19.1. The number of benzene rings is 2. The van der Waals surface area contributed by atoms with Crippen molar-refractivity contribution in [1.29, 1.82) is 0 Å². The number of aryl methyl sites for hydroxylation is 3. The number of carbonyl (C=O) groups excluding carboxylic acids is 1. The number of aromatic nitrogens is 3. The molecule has 1 N–H and O–H groups in total. The van der Waals surface area contributed by atoms with Gasteiger partial charge < -0.3 is 5.32 Å². The quantitative estimate of drug-likeness (QED) is 0.468. The number of pyridine rings is 1. The molecule has 0 saturated heterocycles. The molecule has 144 valence electrons. The van der Waals surface area contributed by atoms with Crippen LogP contribution in [0.5, 0.6) is 0 Å². The Labute approximate surface area is 173 Å². The number of anilines is 1. The Bertz CT molecular complexity index is 1210. The lowest BCUT2D eigenvalue weighted by atomic mass is 10.0. The zero-order valence-electron chi connectivity index (χ0n) is 16.4. The predicted octanol–water partition coefficient (Wildman–Crippen LogP) is 5.35. The second kappa shape index (κ2) is 8.01. The zero-order chi connectivity index (χ0) is 20.4. The molecule has 0 bridgehead atoms. The summed E-state index contributed by atoms with van der Waals surface area (Å²) >= 11 is 1.49. The van der Waals surface area contributed by atoms with E-state index in [4.69, 9.17) is 0 Å². The van der Waals surface area contributed by atoms with E-state index in [2.05, 4.69) is 20.3 Å². The first-order valence-corrected chi connectivity index (χ1v) is 10.1. The van der Waals surface area contributed by atoms with Crippen molar-refractivity contribution >= 4 is 34.3 Å². The minimum Gasteiger partial charge on any atom is -0.322 e. The summed E-state index contributed by atoms with van der Waals surface area (Å²) in [5, 5.41) is 4.60. The summed E-state index contributed by atoms with van der Waals surface area (Å²) in [6.45, 7) is 5.89. The summed E-state index contributed by atoms with van der Waals surface area (Å²) in [6, 6.07) is 15.5. The average Bonchev–Trinajstić information content (AvgIpc) is 2.70. The summed E-state index contributed by atoms with van der Waals surface area (Å²) < 4.78 is 0. The molecule has 0 spiro atoms. The van der Waals surface area contributed by atoms with Gasteiger partial charge in [-0.1, -0.05) is 11.6 Å². The van der Waals surface area contributed by atoms with Crippen LogP contribution in [0.4, 0.5) is 5.69 Å². The van der Waals surface area contributed by atoms with Gasteiger partial charge in [0.25, 0.3) is 5.91 Å². The van der Waals surface area contributed by atoms with Gasteiger partial charge in [-0.05, 0) is 80.6 Å². The number of nitrogens with one attached hydrogen (secondary N) is 1. The van der Waals surface area contributed by atoms with E-state index in [-0.39, 0.29) is 5.91 Å². The maximum absolute atomic E-state index is 13.1. The molecule has 0 saturated carbocycles. The molecule has 2 aromatic heterocycles. The standard InChI is InChI=1S/C23H20N4OS/c1-14-5-7-21-18(11-14)19(13-16(3)26-21)22(28)27-20-8-6-17(12-15(20)2)29-23-24-9-4-10-25-23/h4-13H,1-3H3,(H,27,28). The highest BCUT2D eigenvalue weighted by molar-refractivity contribution is 7.99. The predicted molar refractivity (Wildman–Crippen MR) is 117 cm³/mol. The third kappa shape index (κ3) is 4.27. The SMILES string of the molecule is Cc1ccc2nc(C)cc(C(=O)Nc3ccc(Sc4ncccn4)cc3C)c2c1. The zero-order valence-corrected chi connectivity index (χ0v) is 17.2. The van der Waals surface area contributed by atoms with Gasteiger partial charge in [0.15, 0.2) is 5.16 Å². The fraction of sp³-hybridized carbons (Fsp3) is 0.130. The minimum absolute atomic E-state index is 0.138. The number of carbonyl (C=O) groups is 1. The normalized spacial score (nSPS) is 10.9. The van der Waals surface area contributed by atoms with Gasteiger partial charge in [-0.3, -0.25) is 9.78 Å². The Kier molecular flexibility index (Phi) is 5.27. The van der Waals surface area contributed by atoms with Crippen LogP contribution in [0, 0.1) is 20.8 Å². The Morgan fingerprint density at radius 1 is 0.966 bits per heavy atom. The second-order valence-electron chi connectivity index (χ2n) is 6.90. The summed E-state index contributed by atoms with van der Waals surface area (Å²) in [6.07, 6.45) is 3.44. The molecule has 1 amide bonds. The van der Waals surface area contributed by atoms with E-state index < -0.39 is 0 Å². The summed E-state index contributed by atoms with van der Waals surface area (Å²) in [4.78, 5) is 27.1. The van der Waals surface area contributed by atoms with Crippen LogP contribution in [0.3, 0.4) is 0 Å². The lowest BCUT2D eigenvalue weighted by molar-refractivity contribution is 0.102. The van der Waals surface area contributed by atoms with Crippen LogP contribution in [0.1, 0.15) is 27.2 Å². The topological polar surface area (TPSA) is 67.8 Å². The van der Waals surface area contributed by atoms with Crippen molar-refractivity contribution in [3.05, 3.63) is 83.3 Å². The molecular formula is C23H20N4OS. The molecule has 6 heteroatoms. The molecule has 0 aliphatic carbocycles. The van der Waals surface area contributed by atoms with Crippen LogP contribution in [-0.4, -0.2) is 20.9 Å². The molecule has 0 unspecified atom stereocenters. The second-order valence-corrected chi connectivity index (χ2v) is 7.94. The van der Waals surface area contributed by atoms with Gasteiger partial charge in [0.1, 0.15) is 0 Å². The van der Waals surface area contributed by atoms with Gasteiger partial charge in [0.2, 0.25) is 0 Å². The maximum atomic E-state index is 13.1. The van der Waals surface area contributed by atoms with Crippen molar-refractivity contribution in [2.75, 3.05) is 5.32 Å². The van der Waals surface area contributed by atoms with Crippen LogP contribution < -0.4 is 5.32 Å². The van der Waals surface area contributed by atoms with Gasteiger partial charge in [-0.25, -0.2) is 9.97 Å². The largest absolute Gasteiger partial charge is 0.322 e. The van der Waals surface area contributed by atoms with Crippen LogP contribution in [-0.2, 0) is 0 Å². The molecule has 29 heavy (non-hydrogen) atoms. The Morgan fingerprint density at radius 3 is 2.52 bits per heavy atom. The highest BCUT2D eigenvalue weighted by Crippen LogP contribution is 2.28. The van der Waals surface area contributed by atoms with Crippen molar-refractivity contribution in [2.24, 2.45) is 0 Å². The van der Waals surface area contributed by atoms with Crippen LogP contribution in [0.25, 0.3) is 10.9 Å². The first-order chi connectivity index (χ1) is 14.0. The van der Waals surface area contributed by atoms with Crippen LogP contribution in [0.15, 0.2) is 71.0 Å². The molecule has 2 heterocycles. The van der Waals surface area contributed by atoms with E-state index in [0.717, 1.165) is 38.3 Å². The fourth-order valence-corrected chi connectivity index (χ4v) is 3.94. The lowest BCUT2D eigenvalue weighted by Gasteiger charge is -2.12. The molecule has 0 aliphatic rings. The van der Waals surface area contributed by atoms with Crippen molar-refractivity contribution in [3.63, 3.8) is 0 Å². The number of fused-ring (bicyclic) bond motifs is 1. The third-order valence-corrected chi connectivity index (χ3v) is 5.42. The lowest BCUT2D eigenvalue weighted by Crippen LogP contribution is -2.14. The summed E-state index contributed by atoms with van der Waals surface area (Å²) in [5.41, 5.74) is 5.13. The molecule has 2 aromatic carbocycles. The third-order valence-electron chi connectivity index (χ3n) is 4.53. The highest BCUT2D eigenvalue weighted by Gasteiger charge is 2.14. The van der Waals surface area contributed by atoms with Crippen molar-refractivity contribution in [1.82, 2.24) is 15.0 Å². The Hall–Kier alpha value is -3.25. The first-order valence-electron chi connectivity index (χ1n) is 9.24. The monoisotopic (exact) mass is 400 g/mol. The minimum atomic E-state index is -0.138. The molecule has 4 aromatic rings. The van der Waals surface area contributed by atoms with E-state index in [1.807, 2.05) is 63.2 Å². The van der Waals surface area contributed by atoms with E-state index in [1.54, 1.807) is 18.5 Å². The highest BCUT2D eigenvalue weighted by atomic mass is 32.2. The average molecular weight is 401 g/mol. The van der Waals surface area contributed by atoms with Gasteiger partial charge in [-0.2, -0.15) is 0 Å². The molecule has 0 radical (unpaired) electrons. The number of hydrogen-bond donors (Lipinski definition) is 1. The van der Waals surface area contributed by atoms with Crippen molar-refractivity contribution < 1.29 is 4.79 Å². The fourth-order valence-electron chi connectivity index (χ4n) is 3.13. The number of amides is 1. The molecule has 0 aliphatic heterocycles. The van der Waals surface area contributed by atoms with Gasteiger partial charge in [-0.15, -0.1) is 0 Å². The molecule has 0 atom stereocenters. The molecule has 4 rings (SSSR count). The van der Waals surface area contributed by atoms with E-state index in [9.17, 15) is 4.79 Å².